The first-order chi connectivity index (χ1) is 16.1. The van der Waals surface area contributed by atoms with Gasteiger partial charge in [-0.15, -0.1) is 0 Å². The van der Waals surface area contributed by atoms with E-state index >= 15 is 0 Å². The van der Waals surface area contributed by atoms with E-state index in [2.05, 4.69) is 30.6 Å². The quantitative estimate of drug-likeness (QED) is 0.210. The molecule has 2 aromatic carbocycles. The summed E-state index contributed by atoms with van der Waals surface area (Å²) in [5.74, 6) is 1.13. The van der Waals surface area contributed by atoms with Gasteiger partial charge in [0.25, 0.3) is 0 Å². The summed E-state index contributed by atoms with van der Waals surface area (Å²) in [6.45, 7) is 1.22. The highest BCUT2D eigenvalue weighted by molar-refractivity contribution is 7.22. The number of halogens is 3. The van der Waals surface area contributed by atoms with Crippen LogP contribution in [-0.2, 0) is 0 Å². The highest BCUT2D eigenvalue weighted by Gasteiger charge is 2.16. The standard InChI is InChI=1S/C22H16Cl3N7S/c23-12-1-3-14(16(25)9-12)19-15(20-26-5-6-27-20)11-30-21(32-19)28-7-8-29-22-31-17-4-2-13(24)10-18(17)33-22/h1-6,9-11H,7-8H2,(H,26,27)(H,29,31)(H,28,30,32). The van der Waals surface area contributed by atoms with Crippen molar-refractivity contribution < 1.29 is 0 Å². The van der Waals surface area contributed by atoms with Crippen LogP contribution in [0.4, 0.5) is 11.1 Å². The predicted molar refractivity (Wildman–Crippen MR) is 137 cm³/mol. The van der Waals surface area contributed by atoms with Gasteiger partial charge in [0.15, 0.2) is 5.13 Å². The van der Waals surface area contributed by atoms with Crippen molar-refractivity contribution in [2.45, 2.75) is 0 Å². The summed E-state index contributed by atoms with van der Waals surface area (Å²) >= 11 is 20.2. The van der Waals surface area contributed by atoms with Gasteiger partial charge in [-0.05, 0) is 36.4 Å². The minimum absolute atomic E-state index is 0.476. The average Bonchev–Trinajstić information content (AvgIpc) is 3.46. The Morgan fingerprint density at radius 1 is 0.879 bits per heavy atom. The highest BCUT2D eigenvalue weighted by atomic mass is 35.5. The summed E-state index contributed by atoms with van der Waals surface area (Å²) in [6.07, 6.45) is 5.14. The smallest absolute Gasteiger partial charge is 0.223 e. The van der Waals surface area contributed by atoms with Crippen molar-refractivity contribution in [2.75, 3.05) is 23.7 Å². The molecule has 0 saturated heterocycles. The molecule has 0 aliphatic rings. The fourth-order valence-corrected chi connectivity index (χ4v) is 4.92. The molecule has 166 valence electrons. The monoisotopic (exact) mass is 515 g/mol. The highest BCUT2D eigenvalue weighted by Crippen LogP contribution is 2.35. The maximum atomic E-state index is 6.47. The van der Waals surface area contributed by atoms with Crippen molar-refractivity contribution in [2.24, 2.45) is 0 Å². The van der Waals surface area contributed by atoms with Gasteiger partial charge in [0.1, 0.15) is 5.82 Å². The van der Waals surface area contributed by atoms with Crippen molar-refractivity contribution in [1.29, 1.82) is 0 Å². The number of anilines is 2. The first-order valence-corrected chi connectivity index (χ1v) is 11.9. The first kappa shape index (κ1) is 21.9. The lowest BCUT2D eigenvalue weighted by Crippen LogP contribution is -2.15. The van der Waals surface area contributed by atoms with Crippen molar-refractivity contribution in [3.8, 4) is 22.6 Å². The summed E-state index contributed by atoms with van der Waals surface area (Å²) in [7, 11) is 0. The minimum Gasteiger partial charge on any atom is -0.360 e. The average molecular weight is 517 g/mol. The molecule has 3 aromatic heterocycles. The summed E-state index contributed by atoms with van der Waals surface area (Å²) in [5.41, 5.74) is 3.05. The van der Waals surface area contributed by atoms with Gasteiger partial charge in [-0.2, -0.15) is 0 Å². The van der Waals surface area contributed by atoms with Gasteiger partial charge in [0, 0.05) is 47.3 Å². The molecule has 0 aliphatic heterocycles. The topological polar surface area (TPSA) is 91.4 Å². The molecule has 0 spiro atoms. The summed E-state index contributed by atoms with van der Waals surface area (Å²) < 4.78 is 1.04. The third kappa shape index (κ3) is 4.89. The zero-order valence-corrected chi connectivity index (χ0v) is 20.0. The second-order valence-electron chi connectivity index (χ2n) is 7.00. The molecule has 3 heterocycles. The maximum absolute atomic E-state index is 6.47. The fraction of sp³-hybridized carbons (Fsp3) is 0.0909. The lowest BCUT2D eigenvalue weighted by Gasteiger charge is -2.12. The van der Waals surface area contributed by atoms with E-state index in [1.54, 1.807) is 42.1 Å². The Balaban J connectivity index is 1.33. The summed E-state index contributed by atoms with van der Waals surface area (Å²) in [5, 5.41) is 9.14. The number of nitrogens with zero attached hydrogens (tertiary/aromatic N) is 4. The van der Waals surface area contributed by atoms with Gasteiger partial charge in [0.05, 0.1) is 26.5 Å². The third-order valence-corrected chi connectivity index (χ3v) is 6.52. The van der Waals surface area contributed by atoms with Crippen LogP contribution < -0.4 is 10.6 Å². The number of rotatable bonds is 7. The zero-order chi connectivity index (χ0) is 22.8. The number of thiazole rings is 1. The number of H-pyrrole nitrogens is 1. The van der Waals surface area contributed by atoms with Crippen LogP contribution in [0.2, 0.25) is 15.1 Å². The van der Waals surface area contributed by atoms with E-state index < -0.39 is 0 Å². The molecule has 0 unspecified atom stereocenters. The Morgan fingerprint density at radius 3 is 2.52 bits per heavy atom. The van der Waals surface area contributed by atoms with Gasteiger partial charge in [-0.3, -0.25) is 0 Å². The van der Waals surface area contributed by atoms with E-state index in [4.69, 9.17) is 39.8 Å². The molecular weight excluding hydrogens is 501 g/mol. The fourth-order valence-electron chi connectivity index (χ4n) is 3.26. The van der Waals surface area contributed by atoms with E-state index in [1.165, 1.54) is 0 Å². The molecule has 11 heteroatoms. The number of aromatic nitrogens is 5. The molecule has 5 rings (SSSR count). The Morgan fingerprint density at radius 2 is 1.70 bits per heavy atom. The molecule has 0 atom stereocenters. The van der Waals surface area contributed by atoms with Crippen molar-refractivity contribution in [1.82, 2.24) is 24.9 Å². The van der Waals surface area contributed by atoms with Crippen LogP contribution in [0.15, 0.2) is 55.0 Å². The number of fused-ring (bicyclic) bond motifs is 1. The van der Waals surface area contributed by atoms with Crippen LogP contribution in [0.5, 0.6) is 0 Å². The lowest BCUT2D eigenvalue weighted by molar-refractivity contribution is 1.02. The molecule has 3 N–H and O–H groups in total. The Bertz CT molecular complexity index is 1420. The van der Waals surface area contributed by atoms with E-state index in [0.29, 0.717) is 45.6 Å². The molecule has 0 fully saturated rings. The van der Waals surface area contributed by atoms with E-state index in [0.717, 1.165) is 26.5 Å². The molecular formula is C22H16Cl3N7S. The number of benzene rings is 2. The Kier molecular flexibility index (Phi) is 6.32. The van der Waals surface area contributed by atoms with Crippen molar-refractivity contribution in [3.05, 3.63) is 70.1 Å². The lowest BCUT2D eigenvalue weighted by atomic mass is 10.1. The molecule has 0 radical (unpaired) electrons. The van der Waals surface area contributed by atoms with Crippen molar-refractivity contribution in [3.63, 3.8) is 0 Å². The molecule has 0 bridgehead atoms. The number of nitrogens with one attached hydrogen (secondary N) is 3. The molecule has 7 nitrogen and oxygen atoms in total. The van der Waals surface area contributed by atoms with E-state index in [-0.39, 0.29) is 0 Å². The number of hydrogen-bond donors (Lipinski definition) is 3. The summed E-state index contributed by atoms with van der Waals surface area (Å²) in [4.78, 5) is 21.2. The van der Waals surface area contributed by atoms with Crippen LogP contribution in [0.25, 0.3) is 32.9 Å². The number of aromatic amines is 1. The Labute approximate surface area is 208 Å². The van der Waals surface area contributed by atoms with Gasteiger partial charge >= 0.3 is 0 Å². The normalized spacial score (nSPS) is 11.1. The number of imidazole rings is 1. The van der Waals surface area contributed by atoms with Gasteiger partial charge in [-0.25, -0.2) is 19.9 Å². The third-order valence-electron chi connectivity index (χ3n) is 4.76. The molecule has 0 aliphatic carbocycles. The molecule has 0 saturated carbocycles. The molecule has 0 amide bonds. The summed E-state index contributed by atoms with van der Waals surface area (Å²) in [6, 6.07) is 11.0. The van der Waals surface area contributed by atoms with Crippen LogP contribution in [0, 0.1) is 0 Å². The zero-order valence-electron chi connectivity index (χ0n) is 16.9. The largest absolute Gasteiger partial charge is 0.360 e. The number of hydrogen-bond acceptors (Lipinski definition) is 7. The van der Waals surface area contributed by atoms with E-state index in [1.807, 2.05) is 24.3 Å². The van der Waals surface area contributed by atoms with Crippen LogP contribution in [0.3, 0.4) is 0 Å². The van der Waals surface area contributed by atoms with Gasteiger partial charge in [-0.1, -0.05) is 46.1 Å². The van der Waals surface area contributed by atoms with Crippen LogP contribution >= 0.6 is 46.1 Å². The maximum Gasteiger partial charge on any atom is 0.223 e. The van der Waals surface area contributed by atoms with Crippen molar-refractivity contribution >= 4 is 67.4 Å². The minimum atomic E-state index is 0.476. The predicted octanol–water partition coefficient (Wildman–Crippen LogP) is 6.63. The molecule has 5 aromatic rings. The Hall–Kier alpha value is -2.91. The SMILES string of the molecule is Clc1ccc(-c2nc(NCCNc3nc4ccc(Cl)cc4s3)ncc2-c2ncc[nH]2)c(Cl)c1. The molecule has 33 heavy (non-hydrogen) atoms. The van der Waals surface area contributed by atoms with Gasteiger partial charge in [0.2, 0.25) is 5.95 Å². The second kappa shape index (κ2) is 9.52. The van der Waals surface area contributed by atoms with Crippen LogP contribution in [0.1, 0.15) is 0 Å². The second-order valence-corrected chi connectivity index (χ2v) is 9.31. The first-order valence-electron chi connectivity index (χ1n) is 9.93. The van der Waals surface area contributed by atoms with Gasteiger partial charge < -0.3 is 15.6 Å². The van der Waals surface area contributed by atoms with E-state index in [9.17, 15) is 0 Å². The van der Waals surface area contributed by atoms with Crippen LogP contribution in [-0.4, -0.2) is 38.0 Å².